The van der Waals surface area contributed by atoms with E-state index >= 15 is 0 Å². The zero-order chi connectivity index (χ0) is 12.4. The van der Waals surface area contributed by atoms with Crippen LogP contribution in [0.4, 0.5) is 0 Å². The van der Waals surface area contributed by atoms with Crippen LogP contribution in [-0.4, -0.2) is 19.0 Å². The second-order valence-corrected chi connectivity index (χ2v) is 5.68. The average Bonchev–Trinajstić information content (AvgIpc) is 2.73. The average molecular weight is 236 g/mol. The van der Waals surface area contributed by atoms with Crippen molar-refractivity contribution in [1.29, 1.82) is 0 Å². The molecule has 2 fully saturated rings. The molecule has 2 rings (SSSR count). The molecule has 2 nitrogen and oxygen atoms in total. The predicted octanol–water partition coefficient (Wildman–Crippen LogP) is 3.83. The van der Waals surface area contributed by atoms with Crippen LogP contribution in [0.5, 0.6) is 0 Å². The molecule has 0 aromatic heterocycles. The third kappa shape index (κ3) is 2.48. The van der Waals surface area contributed by atoms with Gasteiger partial charge in [-0.05, 0) is 26.7 Å². The van der Waals surface area contributed by atoms with Crippen LogP contribution in [0.15, 0.2) is 23.8 Å². The van der Waals surface area contributed by atoms with Crippen molar-refractivity contribution < 1.29 is 9.47 Å². The van der Waals surface area contributed by atoms with Crippen molar-refractivity contribution in [2.75, 3.05) is 13.2 Å². The van der Waals surface area contributed by atoms with E-state index in [1.165, 1.54) is 18.4 Å². The van der Waals surface area contributed by atoms with E-state index in [2.05, 4.69) is 39.0 Å². The third-order valence-electron chi connectivity index (χ3n) is 3.97. The minimum absolute atomic E-state index is 0.0215. The zero-order valence-electron chi connectivity index (χ0n) is 11.3. The highest BCUT2D eigenvalue weighted by atomic mass is 16.7. The number of rotatable bonds is 2. The van der Waals surface area contributed by atoms with Crippen molar-refractivity contribution >= 4 is 0 Å². The SMILES string of the molecule is CC(C)=C/C=C/[C@@]1(C)CCCCC12OCCO2. The molecular weight excluding hydrogens is 212 g/mol. The van der Waals surface area contributed by atoms with Crippen LogP contribution in [0, 0.1) is 5.41 Å². The molecule has 0 unspecified atom stereocenters. The van der Waals surface area contributed by atoms with E-state index < -0.39 is 0 Å². The van der Waals surface area contributed by atoms with Crippen molar-refractivity contribution in [3.05, 3.63) is 23.8 Å². The molecule has 1 aliphatic heterocycles. The molecule has 0 bridgehead atoms. The maximum atomic E-state index is 5.96. The van der Waals surface area contributed by atoms with E-state index in [1.807, 2.05) is 0 Å². The van der Waals surface area contributed by atoms with Gasteiger partial charge in [-0.15, -0.1) is 0 Å². The van der Waals surface area contributed by atoms with E-state index in [0.717, 1.165) is 26.1 Å². The van der Waals surface area contributed by atoms with Crippen molar-refractivity contribution in [2.24, 2.45) is 5.41 Å². The van der Waals surface area contributed by atoms with Crippen molar-refractivity contribution in [3.63, 3.8) is 0 Å². The van der Waals surface area contributed by atoms with Crippen LogP contribution in [0.2, 0.25) is 0 Å². The van der Waals surface area contributed by atoms with Crippen LogP contribution in [0.3, 0.4) is 0 Å². The van der Waals surface area contributed by atoms with Gasteiger partial charge in [0.25, 0.3) is 0 Å². The van der Waals surface area contributed by atoms with Gasteiger partial charge in [-0.3, -0.25) is 0 Å². The lowest BCUT2D eigenvalue weighted by Gasteiger charge is -2.46. The first-order valence-corrected chi connectivity index (χ1v) is 6.69. The second-order valence-electron chi connectivity index (χ2n) is 5.68. The smallest absolute Gasteiger partial charge is 0.177 e. The van der Waals surface area contributed by atoms with Gasteiger partial charge in [-0.2, -0.15) is 0 Å². The van der Waals surface area contributed by atoms with Gasteiger partial charge in [0.1, 0.15) is 0 Å². The highest BCUT2D eigenvalue weighted by Gasteiger charge is 2.52. The minimum Gasteiger partial charge on any atom is -0.347 e. The fourth-order valence-corrected chi connectivity index (χ4v) is 2.92. The zero-order valence-corrected chi connectivity index (χ0v) is 11.3. The summed E-state index contributed by atoms with van der Waals surface area (Å²) in [5, 5.41) is 0. The number of ether oxygens (including phenoxy) is 2. The van der Waals surface area contributed by atoms with Crippen molar-refractivity contribution in [1.82, 2.24) is 0 Å². The second kappa shape index (κ2) is 4.95. The van der Waals surface area contributed by atoms with E-state index in [4.69, 9.17) is 9.47 Å². The quantitative estimate of drug-likeness (QED) is 0.678. The summed E-state index contributed by atoms with van der Waals surface area (Å²) in [4.78, 5) is 0. The lowest BCUT2D eigenvalue weighted by Crippen LogP contribution is -2.48. The molecule has 0 radical (unpaired) electrons. The molecule has 0 aromatic carbocycles. The molecule has 2 heteroatoms. The van der Waals surface area contributed by atoms with Crippen molar-refractivity contribution in [2.45, 2.75) is 52.2 Å². The Morgan fingerprint density at radius 2 is 1.71 bits per heavy atom. The lowest BCUT2D eigenvalue weighted by molar-refractivity contribution is -0.235. The Bertz CT molecular complexity index is 320. The monoisotopic (exact) mass is 236 g/mol. The standard InChI is InChI=1S/C15H24O2/c1-13(2)7-6-9-14(3)8-4-5-10-15(14)16-11-12-17-15/h6-7,9H,4-5,8,10-12H2,1-3H3/b9-6+/t14-/m1/s1. The first-order valence-electron chi connectivity index (χ1n) is 6.69. The maximum absolute atomic E-state index is 5.96. The van der Waals surface area contributed by atoms with E-state index in [0.29, 0.717) is 0 Å². The Hall–Kier alpha value is -0.600. The Balaban J connectivity index is 2.19. The van der Waals surface area contributed by atoms with Crippen LogP contribution < -0.4 is 0 Å². The van der Waals surface area contributed by atoms with Crippen LogP contribution in [0.25, 0.3) is 0 Å². The molecule has 2 aliphatic rings. The summed E-state index contributed by atoms with van der Waals surface area (Å²) in [6, 6.07) is 0. The van der Waals surface area contributed by atoms with E-state index in [1.54, 1.807) is 0 Å². The molecule has 0 N–H and O–H groups in total. The summed E-state index contributed by atoms with van der Waals surface area (Å²) >= 11 is 0. The molecular formula is C15H24O2. The Morgan fingerprint density at radius 1 is 1.06 bits per heavy atom. The third-order valence-corrected chi connectivity index (χ3v) is 3.97. The minimum atomic E-state index is -0.350. The molecule has 1 heterocycles. The number of allylic oxidation sites excluding steroid dienone is 3. The topological polar surface area (TPSA) is 18.5 Å². The fourth-order valence-electron chi connectivity index (χ4n) is 2.92. The molecule has 1 atom stereocenters. The molecule has 1 aliphatic carbocycles. The maximum Gasteiger partial charge on any atom is 0.177 e. The molecule has 1 saturated heterocycles. The fraction of sp³-hybridized carbons (Fsp3) is 0.733. The summed E-state index contributed by atoms with van der Waals surface area (Å²) in [6.07, 6.45) is 11.3. The molecule has 1 saturated carbocycles. The Morgan fingerprint density at radius 3 is 2.35 bits per heavy atom. The summed E-state index contributed by atoms with van der Waals surface area (Å²) in [5.41, 5.74) is 1.34. The summed E-state index contributed by atoms with van der Waals surface area (Å²) in [6.45, 7) is 7.99. The summed E-state index contributed by atoms with van der Waals surface area (Å²) in [5.74, 6) is -0.350. The highest BCUT2D eigenvalue weighted by Crippen LogP contribution is 2.50. The van der Waals surface area contributed by atoms with Crippen LogP contribution in [-0.2, 0) is 9.47 Å². The van der Waals surface area contributed by atoms with E-state index in [9.17, 15) is 0 Å². The number of hydrogen-bond donors (Lipinski definition) is 0. The van der Waals surface area contributed by atoms with Gasteiger partial charge in [0.2, 0.25) is 0 Å². The summed E-state index contributed by atoms with van der Waals surface area (Å²) in [7, 11) is 0. The largest absolute Gasteiger partial charge is 0.347 e. The molecule has 0 amide bonds. The van der Waals surface area contributed by atoms with Gasteiger partial charge in [0.15, 0.2) is 5.79 Å². The first-order chi connectivity index (χ1) is 8.08. The van der Waals surface area contributed by atoms with Crippen molar-refractivity contribution in [3.8, 4) is 0 Å². The van der Waals surface area contributed by atoms with Gasteiger partial charge in [-0.1, -0.05) is 37.1 Å². The van der Waals surface area contributed by atoms with Crippen LogP contribution in [0.1, 0.15) is 46.5 Å². The Kier molecular flexibility index (Phi) is 3.74. The lowest BCUT2D eigenvalue weighted by atomic mass is 9.70. The number of hydrogen-bond acceptors (Lipinski definition) is 2. The molecule has 96 valence electrons. The van der Waals surface area contributed by atoms with Crippen LogP contribution >= 0.6 is 0 Å². The molecule has 0 aromatic rings. The predicted molar refractivity (Wildman–Crippen MR) is 69.8 cm³/mol. The summed E-state index contributed by atoms with van der Waals surface area (Å²) < 4.78 is 11.9. The molecule has 1 spiro atoms. The first kappa shape index (κ1) is 12.8. The molecule has 17 heavy (non-hydrogen) atoms. The van der Waals surface area contributed by atoms with Gasteiger partial charge in [0.05, 0.1) is 13.2 Å². The van der Waals surface area contributed by atoms with Gasteiger partial charge >= 0.3 is 0 Å². The van der Waals surface area contributed by atoms with Gasteiger partial charge in [-0.25, -0.2) is 0 Å². The highest BCUT2D eigenvalue weighted by molar-refractivity contribution is 5.16. The Labute approximate surface area is 105 Å². The van der Waals surface area contributed by atoms with E-state index in [-0.39, 0.29) is 11.2 Å². The van der Waals surface area contributed by atoms with Gasteiger partial charge in [0, 0.05) is 11.8 Å². The van der Waals surface area contributed by atoms with Gasteiger partial charge < -0.3 is 9.47 Å². The normalized spacial score (nSPS) is 32.2.